The number of anilines is 1. The molecule has 144 valence electrons. The number of amidine groups is 1. The van der Waals surface area contributed by atoms with Gasteiger partial charge < -0.3 is 14.9 Å². The fraction of sp³-hybridized carbons (Fsp3) is 0.263. The molecule has 0 heterocycles. The van der Waals surface area contributed by atoms with Gasteiger partial charge in [-0.25, -0.2) is 10.0 Å². The van der Waals surface area contributed by atoms with Crippen LogP contribution in [0.2, 0.25) is 0 Å². The average Bonchev–Trinajstić information content (AvgIpc) is 2.67. The second kappa shape index (κ2) is 9.96. The molecule has 0 atom stereocenters. The lowest BCUT2D eigenvalue weighted by Gasteiger charge is -2.19. The number of nitrogens with two attached hydrogens (primary N) is 1. The topological polar surface area (TPSA) is 92.0 Å². The second-order valence-corrected chi connectivity index (χ2v) is 6.40. The van der Waals surface area contributed by atoms with Gasteiger partial charge in [-0.1, -0.05) is 6.92 Å². The van der Waals surface area contributed by atoms with E-state index in [0.29, 0.717) is 17.0 Å². The summed E-state index contributed by atoms with van der Waals surface area (Å²) in [4.78, 5) is 16.4. The minimum atomic E-state index is 0.553. The fourth-order valence-electron chi connectivity index (χ4n) is 2.57. The molecular weight excluding hydrogens is 362 g/mol. The number of hydrogen-bond acceptors (Lipinski definition) is 7. The van der Waals surface area contributed by atoms with E-state index in [0.717, 1.165) is 47.5 Å². The number of methoxy groups -OCH3 is 1. The van der Waals surface area contributed by atoms with Crippen molar-refractivity contribution in [3.63, 3.8) is 0 Å². The maximum atomic E-state index is 11.7. The Kier molecular flexibility index (Phi) is 7.66. The van der Waals surface area contributed by atoms with Crippen LogP contribution in [0.1, 0.15) is 28.4 Å². The van der Waals surface area contributed by atoms with Gasteiger partial charge in [0.1, 0.15) is 11.6 Å². The van der Waals surface area contributed by atoms with Crippen molar-refractivity contribution in [1.29, 1.82) is 0 Å². The number of aliphatic imine (C=N–C) groups is 1. The monoisotopic (exact) mass is 387 g/mol. The third-order valence-corrected chi connectivity index (χ3v) is 4.18. The summed E-state index contributed by atoms with van der Waals surface area (Å²) in [5.41, 5.74) is 7.00. The smallest absolute Gasteiger partial charge is 0.150 e. The van der Waals surface area contributed by atoms with E-state index in [1.54, 1.807) is 12.1 Å². The first-order valence-electron chi connectivity index (χ1n) is 8.43. The minimum Gasteiger partial charge on any atom is -0.496 e. The minimum absolute atomic E-state index is 0.553. The number of carbonyl (C=O) groups excluding carboxylic acids is 1. The Hall–Kier alpha value is -2.55. The van der Waals surface area contributed by atoms with Gasteiger partial charge in [0.05, 0.1) is 12.8 Å². The van der Waals surface area contributed by atoms with E-state index in [1.807, 2.05) is 57.4 Å². The summed E-state index contributed by atoms with van der Waals surface area (Å²) in [5.74, 6) is 1.28. The van der Waals surface area contributed by atoms with Crippen molar-refractivity contribution in [3.8, 4) is 5.75 Å². The second-order valence-electron chi connectivity index (χ2n) is 5.96. The molecule has 0 radical (unpaired) electrons. The molecule has 0 aromatic heterocycles. The van der Waals surface area contributed by atoms with Crippen LogP contribution in [0.5, 0.6) is 5.75 Å². The standard InChI is InChI=1S/C19H25N5O2S/c1-5-13-10-14(12-25)17(11-18(13)26-4)19(22-24(2)3)21-15-6-8-16(9-7-15)23-27-20/h6-12,23H,5,20H2,1-4H3,(H,21,22). The van der Waals surface area contributed by atoms with Crippen LogP contribution in [-0.4, -0.2) is 38.3 Å². The van der Waals surface area contributed by atoms with E-state index < -0.39 is 0 Å². The molecule has 0 unspecified atom stereocenters. The fourth-order valence-corrected chi connectivity index (χ4v) is 2.84. The molecule has 0 saturated heterocycles. The Morgan fingerprint density at radius 2 is 2.00 bits per heavy atom. The summed E-state index contributed by atoms with van der Waals surface area (Å²) in [6.07, 6.45) is 1.61. The van der Waals surface area contributed by atoms with Gasteiger partial charge in [0.25, 0.3) is 0 Å². The first kappa shape index (κ1) is 20.8. The Morgan fingerprint density at radius 3 is 2.52 bits per heavy atom. The highest BCUT2D eigenvalue weighted by Crippen LogP contribution is 2.25. The van der Waals surface area contributed by atoms with Crippen LogP contribution in [0, 0.1) is 0 Å². The highest BCUT2D eigenvalue weighted by molar-refractivity contribution is 7.98. The average molecular weight is 388 g/mol. The van der Waals surface area contributed by atoms with Crippen LogP contribution < -0.4 is 20.0 Å². The van der Waals surface area contributed by atoms with Gasteiger partial charge in [0, 0.05) is 43.0 Å². The van der Waals surface area contributed by atoms with Crippen molar-refractivity contribution >= 4 is 35.6 Å². The van der Waals surface area contributed by atoms with Crippen LogP contribution in [0.15, 0.2) is 41.4 Å². The molecule has 4 N–H and O–H groups in total. The van der Waals surface area contributed by atoms with Gasteiger partial charge in [-0.2, -0.15) is 0 Å². The first-order chi connectivity index (χ1) is 13.0. The predicted octanol–water partition coefficient (Wildman–Crippen LogP) is 3.15. The van der Waals surface area contributed by atoms with Crippen molar-refractivity contribution in [1.82, 2.24) is 10.4 Å². The largest absolute Gasteiger partial charge is 0.496 e. The van der Waals surface area contributed by atoms with Crippen molar-refractivity contribution in [3.05, 3.63) is 53.1 Å². The summed E-state index contributed by atoms with van der Waals surface area (Å²) < 4.78 is 8.45. The van der Waals surface area contributed by atoms with Crippen LogP contribution >= 0.6 is 12.1 Å². The number of hydrogen-bond donors (Lipinski definition) is 3. The summed E-state index contributed by atoms with van der Waals surface area (Å²) in [6.45, 7) is 2.02. The number of benzene rings is 2. The normalized spacial score (nSPS) is 11.4. The van der Waals surface area contributed by atoms with Crippen molar-refractivity contribution in [2.45, 2.75) is 13.3 Å². The molecule has 7 nitrogen and oxygen atoms in total. The lowest BCUT2D eigenvalue weighted by Crippen LogP contribution is -2.37. The molecule has 0 bridgehead atoms. The highest BCUT2D eigenvalue weighted by Gasteiger charge is 2.15. The lowest BCUT2D eigenvalue weighted by molar-refractivity contribution is 0.112. The molecular formula is C19H25N5O2S. The molecule has 2 aromatic carbocycles. The molecule has 0 aliphatic carbocycles. The number of nitrogens with zero attached hydrogens (tertiary/aromatic N) is 2. The summed E-state index contributed by atoms with van der Waals surface area (Å²) in [7, 11) is 5.34. The number of rotatable bonds is 8. The number of carbonyl (C=O) groups is 1. The number of ether oxygens (including phenoxy) is 1. The molecule has 0 saturated carbocycles. The number of nitrogens with one attached hydrogen (secondary N) is 2. The number of aryl methyl sites for hydroxylation is 1. The summed E-state index contributed by atoms with van der Waals surface area (Å²) in [5, 5.41) is 7.18. The quantitative estimate of drug-likeness (QED) is 0.211. The van der Waals surface area contributed by atoms with Crippen LogP contribution in [0.4, 0.5) is 11.4 Å². The highest BCUT2D eigenvalue weighted by atomic mass is 32.2. The van der Waals surface area contributed by atoms with Gasteiger partial charge >= 0.3 is 0 Å². The summed E-state index contributed by atoms with van der Waals surface area (Å²) >= 11 is 1.03. The van der Waals surface area contributed by atoms with E-state index in [2.05, 4.69) is 10.1 Å². The van der Waals surface area contributed by atoms with E-state index in [1.165, 1.54) is 0 Å². The number of hydrazine groups is 1. The van der Waals surface area contributed by atoms with Gasteiger partial charge in [-0.15, -0.1) is 0 Å². The van der Waals surface area contributed by atoms with Crippen LogP contribution in [0.25, 0.3) is 0 Å². The maximum Gasteiger partial charge on any atom is 0.150 e. The SMILES string of the molecule is CCc1cc(C=O)c(C(=Nc2ccc(NSN)cc2)NN(C)C)cc1OC. The Morgan fingerprint density at radius 1 is 1.30 bits per heavy atom. The zero-order chi connectivity index (χ0) is 19.8. The van der Waals surface area contributed by atoms with Gasteiger partial charge in [-0.05, 0) is 48.4 Å². The molecule has 2 rings (SSSR count). The van der Waals surface area contributed by atoms with E-state index in [4.69, 9.17) is 14.9 Å². The number of aldehydes is 1. The molecule has 0 fully saturated rings. The van der Waals surface area contributed by atoms with Gasteiger partial charge in [0.15, 0.2) is 6.29 Å². The Labute approximate surface area is 164 Å². The molecule has 0 aliphatic rings. The molecule has 2 aromatic rings. The van der Waals surface area contributed by atoms with Crippen molar-refractivity contribution in [2.24, 2.45) is 10.1 Å². The third-order valence-electron chi connectivity index (χ3n) is 3.83. The molecule has 0 aliphatic heterocycles. The predicted molar refractivity (Wildman–Crippen MR) is 113 cm³/mol. The molecule has 27 heavy (non-hydrogen) atoms. The van der Waals surface area contributed by atoms with Gasteiger partial charge in [-0.3, -0.25) is 9.93 Å². The Bertz CT molecular complexity index is 806. The molecule has 0 amide bonds. The van der Waals surface area contributed by atoms with Crippen LogP contribution in [-0.2, 0) is 6.42 Å². The zero-order valence-corrected chi connectivity index (χ0v) is 16.8. The van der Waals surface area contributed by atoms with Crippen LogP contribution in [0.3, 0.4) is 0 Å². The van der Waals surface area contributed by atoms with E-state index in [9.17, 15) is 4.79 Å². The van der Waals surface area contributed by atoms with E-state index in [-0.39, 0.29) is 0 Å². The molecule has 8 heteroatoms. The lowest BCUT2D eigenvalue weighted by atomic mass is 10.0. The summed E-state index contributed by atoms with van der Waals surface area (Å²) in [6, 6.07) is 11.2. The van der Waals surface area contributed by atoms with Crippen molar-refractivity contribution < 1.29 is 9.53 Å². The zero-order valence-electron chi connectivity index (χ0n) is 15.9. The maximum absolute atomic E-state index is 11.7. The van der Waals surface area contributed by atoms with Crippen molar-refractivity contribution in [2.75, 3.05) is 25.9 Å². The molecule has 0 spiro atoms. The third kappa shape index (κ3) is 5.46. The Balaban J connectivity index is 2.54. The van der Waals surface area contributed by atoms with Gasteiger partial charge in [0.2, 0.25) is 0 Å². The van der Waals surface area contributed by atoms with E-state index >= 15 is 0 Å². The first-order valence-corrected chi connectivity index (χ1v) is 9.31.